The van der Waals surface area contributed by atoms with Crippen LogP contribution in [0.25, 0.3) is 6.08 Å². The number of primary amides is 1. The van der Waals surface area contributed by atoms with Crippen LogP contribution in [0.3, 0.4) is 0 Å². The van der Waals surface area contributed by atoms with Crippen LogP contribution in [-0.4, -0.2) is 28.5 Å². The fourth-order valence-electron chi connectivity index (χ4n) is 1.50. The summed E-state index contributed by atoms with van der Waals surface area (Å²) < 4.78 is 0.923. The van der Waals surface area contributed by atoms with Gasteiger partial charge in [-0.3, -0.25) is 19.3 Å². The Morgan fingerprint density at radius 3 is 2.53 bits per heavy atom. The third-order valence-electron chi connectivity index (χ3n) is 2.36. The average Bonchev–Trinajstić information content (AvgIpc) is 2.60. The molecule has 0 aliphatic carbocycles. The molecule has 0 atom stereocenters. The van der Waals surface area contributed by atoms with Crippen molar-refractivity contribution in [3.05, 3.63) is 39.2 Å². The van der Waals surface area contributed by atoms with Crippen LogP contribution < -0.4 is 5.73 Å². The number of imide groups is 1. The summed E-state index contributed by atoms with van der Waals surface area (Å²) in [6.07, 6.45) is 1.61. The number of rotatable bonds is 3. The highest BCUT2D eigenvalue weighted by molar-refractivity contribution is 9.10. The van der Waals surface area contributed by atoms with Crippen LogP contribution in [0.1, 0.15) is 5.56 Å². The van der Waals surface area contributed by atoms with Crippen molar-refractivity contribution in [2.75, 3.05) is 6.54 Å². The number of thioether (sulfide) groups is 1. The van der Waals surface area contributed by atoms with Gasteiger partial charge in [-0.1, -0.05) is 28.1 Å². The molecule has 0 bridgehead atoms. The first-order valence-corrected chi connectivity index (χ1v) is 6.87. The Balaban J connectivity index is 2.23. The smallest absolute Gasteiger partial charge is 0.294 e. The van der Waals surface area contributed by atoms with E-state index in [1.165, 1.54) is 0 Å². The van der Waals surface area contributed by atoms with Gasteiger partial charge in [0.15, 0.2) is 0 Å². The Hall–Kier alpha value is -1.60. The normalized spacial score (nSPS) is 17.3. The van der Waals surface area contributed by atoms with Gasteiger partial charge in [-0.25, -0.2) is 0 Å². The van der Waals surface area contributed by atoms with E-state index >= 15 is 0 Å². The maximum Gasteiger partial charge on any atom is 0.294 e. The molecule has 98 valence electrons. The van der Waals surface area contributed by atoms with Crippen molar-refractivity contribution in [2.24, 2.45) is 5.73 Å². The number of hydrogen-bond donors (Lipinski definition) is 1. The molecule has 0 radical (unpaired) electrons. The molecular weight excluding hydrogens is 332 g/mol. The van der Waals surface area contributed by atoms with Crippen molar-refractivity contribution >= 4 is 50.8 Å². The number of carbonyl (C=O) groups excluding carboxylic acids is 3. The Labute approximate surface area is 122 Å². The first-order valence-electron chi connectivity index (χ1n) is 5.26. The van der Waals surface area contributed by atoms with E-state index in [4.69, 9.17) is 5.73 Å². The molecule has 1 aliphatic heterocycles. The number of benzene rings is 1. The molecule has 1 aromatic rings. The molecule has 19 heavy (non-hydrogen) atoms. The lowest BCUT2D eigenvalue weighted by Gasteiger charge is -2.08. The third kappa shape index (κ3) is 3.24. The van der Waals surface area contributed by atoms with Crippen LogP contribution >= 0.6 is 27.7 Å². The van der Waals surface area contributed by atoms with Crippen molar-refractivity contribution in [1.82, 2.24) is 4.90 Å². The van der Waals surface area contributed by atoms with Gasteiger partial charge < -0.3 is 5.73 Å². The summed E-state index contributed by atoms with van der Waals surface area (Å²) in [5.74, 6) is -1.20. The minimum atomic E-state index is -0.716. The first-order chi connectivity index (χ1) is 8.97. The van der Waals surface area contributed by atoms with Gasteiger partial charge in [0.25, 0.3) is 11.1 Å². The fraction of sp³-hybridized carbons (Fsp3) is 0.0833. The van der Waals surface area contributed by atoms with E-state index in [1.54, 1.807) is 6.08 Å². The minimum Gasteiger partial charge on any atom is -0.368 e. The highest BCUT2D eigenvalue weighted by atomic mass is 79.9. The summed E-state index contributed by atoms with van der Waals surface area (Å²) in [5.41, 5.74) is 5.79. The molecule has 1 fully saturated rings. The first kappa shape index (κ1) is 13.8. The number of carbonyl (C=O) groups is 3. The topological polar surface area (TPSA) is 80.5 Å². The maximum absolute atomic E-state index is 11.9. The van der Waals surface area contributed by atoms with Gasteiger partial charge in [0.05, 0.1) is 4.91 Å². The van der Waals surface area contributed by atoms with Gasteiger partial charge >= 0.3 is 0 Å². The van der Waals surface area contributed by atoms with Crippen molar-refractivity contribution in [3.63, 3.8) is 0 Å². The Kier molecular flexibility index (Phi) is 4.06. The number of amides is 3. The summed E-state index contributed by atoms with van der Waals surface area (Å²) in [6.45, 7) is -0.387. The molecular formula is C12H9BrN2O3S. The molecule has 1 heterocycles. The van der Waals surface area contributed by atoms with Crippen LogP contribution in [0.5, 0.6) is 0 Å². The van der Waals surface area contributed by atoms with Crippen molar-refractivity contribution in [3.8, 4) is 0 Å². The molecule has 0 spiro atoms. The molecule has 0 saturated carbocycles. The zero-order chi connectivity index (χ0) is 14.0. The highest BCUT2D eigenvalue weighted by Crippen LogP contribution is 2.32. The van der Waals surface area contributed by atoms with Gasteiger partial charge in [0.2, 0.25) is 5.91 Å². The van der Waals surface area contributed by atoms with Gasteiger partial charge in [0, 0.05) is 4.47 Å². The molecule has 0 unspecified atom stereocenters. The summed E-state index contributed by atoms with van der Waals surface area (Å²) in [7, 11) is 0. The predicted molar refractivity (Wildman–Crippen MR) is 76.0 cm³/mol. The molecule has 2 N–H and O–H groups in total. The van der Waals surface area contributed by atoms with Gasteiger partial charge in [-0.2, -0.15) is 0 Å². The molecule has 5 nitrogen and oxygen atoms in total. The number of nitrogens with zero attached hydrogens (tertiary/aromatic N) is 1. The largest absolute Gasteiger partial charge is 0.368 e. The predicted octanol–water partition coefficient (Wildman–Crippen LogP) is 1.97. The molecule has 3 amide bonds. The molecule has 0 aromatic heterocycles. The zero-order valence-corrected chi connectivity index (χ0v) is 12.0. The molecule has 1 aliphatic rings. The molecule has 1 aromatic carbocycles. The van der Waals surface area contributed by atoms with Crippen LogP contribution in [0.2, 0.25) is 0 Å². The lowest BCUT2D eigenvalue weighted by molar-refractivity contribution is -0.127. The van der Waals surface area contributed by atoms with Crippen molar-refractivity contribution < 1.29 is 14.4 Å². The number of halogens is 1. The summed E-state index contributed by atoms with van der Waals surface area (Å²) in [5, 5.41) is -0.479. The Morgan fingerprint density at radius 1 is 1.32 bits per heavy atom. The summed E-state index contributed by atoms with van der Waals surface area (Å²) >= 11 is 4.11. The van der Waals surface area contributed by atoms with E-state index in [0.717, 1.165) is 26.7 Å². The molecule has 7 heteroatoms. The van der Waals surface area contributed by atoms with Crippen LogP contribution in [-0.2, 0) is 9.59 Å². The standard InChI is InChI=1S/C12H9BrN2O3S/c13-8-3-1-7(2-4-8)5-9-11(17)15(6-10(14)16)12(18)19-9/h1-5H,6H2,(H2,14,16). The summed E-state index contributed by atoms with van der Waals surface area (Å²) in [4.78, 5) is 35.4. The number of hydrogen-bond acceptors (Lipinski definition) is 4. The van der Waals surface area contributed by atoms with E-state index in [2.05, 4.69) is 15.9 Å². The van der Waals surface area contributed by atoms with Gasteiger partial charge in [-0.05, 0) is 35.5 Å². The summed E-state index contributed by atoms with van der Waals surface area (Å²) in [6, 6.07) is 7.29. The van der Waals surface area contributed by atoms with E-state index in [0.29, 0.717) is 0 Å². The fourth-order valence-corrected chi connectivity index (χ4v) is 2.61. The minimum absolute atomic E-state index is 0.286. The van der Waals surface area contributed by atoms with Crippen LogP contribution in [0.4, 0.5) is 4.79 Å². The van der Waals surface area contributed by atoms with E-state index in [-0.39, 0.29) is 11.4 Å². The molecule has 1 saturated heterocycles. The second-order valence-electron chi connectivity index (χ2n) is 3.79. The van der Waals surface area contributed by atoms with Crippen LogP contribution in [0.15, 0.2) is 33.6 Å². The van der Waals surface area contributed by atoms with Crippen molar-refractivity contribution in [1.29, 1.82) is 0 Å². The van der Waals surface area contributed by atoms with Crippen LogP contribution in [0, 0.1) is 0 Å². The maximum atomic E-state index is 11.9. The van der Waals surface area contributed by atoms with E-state index < -0.39 is 17.1 Å². The Morgan fingerprint density at radius 2 is 1.95 bits per heavy atom. The lowest BCUT2D eigenvalue weighted by atomic mass is 10.2. The van der Waals surface area contributed by atoms with Gasteiger partial charge in [0.1, 0.15) is 6.54 Å². The SMILES string of the molecule is NC(=O)CN1C(=O)SC(=Cc2ccc(Br)cc2)C1=O. The zero-order valence-electron chi connectivity index (χ0n) is 9.63. The molecule has 2 rings (SSSR count). The lowest BCUT2D eigenvalue weighted by Crippen LogP contribution is -2.36. The quantitative estimate of drug-likeness (QED) is 0.853. The monoisotopic (exact) mass is 340 g/mol. The highest BCUT2D eigenvalue weighted by Gasteiger charge is 2.35. The third-order valence-corrected chi connectivity index (χ3v) is 3.79. The number of nitrogens with two attached hydrogens (primary N) is 1. The average molecular weight is 341 g/mol. The van der Waals surface area contributed by atoms with E-state index in [9.17, 15) is 14.4 Å². The van der Waals surface area contributed by atoms with Gasteiger partial charge in [-0.15, -0.1) is 0 Å². The Bertz CT molecular complexity index is 583. The second-order valence-corrected chi connectivity index (χ2v) is 5.69. The second kappa shape index (κ2) is 5.58. The van der Waals surface area contributed by atoms with Crippen molar-refractivity contribution in [2.45, 2.75) is 0 Å². The van der Waals surface area contributed by atoms with E-state index in [1.807, 2.05) is 24.3 Å².